The Morgan fingerprint density at radius 1 is 1.09 bits per heavy atom. The van der Waals surface area contributed by atoms with Gasteiger partial charge in [-0.25, -0.2) is 0 Å². The lowest BCUT2D eigenvalue weighted by Crippen LogP contribution is -2.43. The van der Waals surface area contributed by atoms with Crippen molar-refractivity contribution in [2.24, 2.45) is 4.99 Å². The van der Waals surface area contributed by atoms with Crippen molar-refractivity contribution in [3.8, 4) is 11.5 Å². The van der Waals surface area contributed by atoms with Gasteiger partial charge in [0.2, 0.25) is 0 Å². The summed E-state index contributed by atoms with van der Waals surface area (Å²) in [6.45, 7) is 1.38. The molecule has 5 nitrogen and oxygen atoms in total. The Morgan fingerprint density at radius 3 is 2.65 bits per heavy atom. The number of hydrogen-bond donors (Lipinski definition) is 1. The van der Waals surface area contributed by atoms with E-state index in [9.17, 15) is 5.11 Å². The maximum Gasteiger partial charge on any atom is 0.193 e. The lowest BCUT2D eigenvalue weighted by atomic mass is 9.93. The van der Waals surface area contributed by atoms with Crippen LogP contribution in [0.3, 0.4) is 0 Å². The van der Waals surface area contributed by atoms with Gasteiger partial charge in [-0.1, -0.05) is 24.3 Å². The van der Waals surface area contributed by atoms with E-state index in [0.717, 1.165) is 22.5 Å². The van der Waals surface area contributed by atoms with Crippen molar-refractivity contribution >= 4 is 5.84 Å². The van der Waals surface area contributed by atoms with Crippen molar-refractivity contribution in [3.63, 3.8) is 0 Å². The first kappa shape index (κ1) is 14.1. The summed E-state index contributed by atoms with van der Waals surface area (Å²) < 4.78 is 10.7. The van der Waals surface area contributed by atoms with E-state index in [0.29, 0.717) is 24.6 Å². The Kier molecular flexibility index (Phi) is 3.06. The fourth-order valence-electron chi connectivity index (χ4n) is 3.48. The van der Waals surface area contributed by atoms with Gasteiger partial charge < -0.3 is 19.5 Å². The summed E-state index contributed by atoms with van der Waals surface area (Å²) in [5.74, 6) is 2.10. The largest absolute Gasteiger partial charge is 0.493 e. The van der Waals surface area contributed by atoms with Gasteiger partial charge in [-0.15, -0.1) is 0 Å². The Labute approximate surface area is 134 Å². The third-order valence-electron chi connectivity index (χ3n) is 4.56. The molecule has 0 amide bonds. The summed E-state index contributed by atoms with van der Waals surface area (Å²) >= 11 is 0. The van der Waals surface area contributed by atoms with E-state index in [1.807, 2.05) is 47.4 Å². The van der Waals surface area contributed by atoms with Gasteiger partial charge in [-0.05, 0) is 18.2 Å². The molecule has 0 aromatic heterocycles. The maximum absolute atomic E-state index is 11.6. The van der Waals surface area contributed by atoms with Crippen LogP contribution >= 0.6 is 0 Å². The zero-order valence-corrected chi connectivity index (χ0v) is 13.1. The van der Waals surface area contributed by atoms with Crippen molar-refractivity contribution < 1.29 is 14.6 Å². The fourth-order valence-corrected chi connectivity index (χ4v) is 3.48. The second-order valence-electron chi connectivity index (χ2n) is 5.64. The summed E-state index contributed by atoms with van der Waals surface area (Å²) in [7, 11) is 3.19. The first-order chi connectivity index (χ1) is 11.2. The molecule has 2 aromatic carbocycles. The molecule has 0 radical (unpaired) electrons. The van der Waals surface area contributed by atoms with Gasteiger partial charge in [-0.2, -0.15) is 0 Å². The Hall–Kier alpha value is -2.53. The van der Waals surface area contributed by atoms with E-state index >= 15 is 0 Å². The molecule has 0 spiro atoms. The van der Waals surface area contributed by atoms with Crippen LogP contribution in [0.25, 0.3) is 0 Å². The third-order valence-corrected chi connectivity index (χ3v) is 4.56. The number of aliphatic imine (C=N–C) groups is 1. The van der Waals surface area contributed by atoms with Crippen LogP contribution in [0.2, 0.25) is 0 Å². The predicted molar refractivity (Wildman–Crippen MR) is 87.1 cm³/mol. The highest BCUT2D eigenvalue weighted by Gasteiger charge is 2.49. The molecule has 2 aliphatic rings. The van der Waals surface area contributed by atoms with E-state index < -0.39 is 5.72 Å². The molecular formula is C18H18N2O3. The van der Waals surface area contributed by atoms with Crippen LogP contribution in [0, 0.1) is 0 Å². The van der Waals surface area contributed by atoms with E-state index in [4.69, 9.17) is 9.47 Å². The summed E-state index contributed by atoms with van der Waals surface area (Å²) in [4.78, 5) is 6.52. The zero-order chi connectivity index (χ0) is 16.0. The van der Waals surface area contributed by atoms with Gasteiger partial charge >= 0.3 is 0 Å². The van der Waals surface area contributed by atoms with Crippen LogP contribution in [0.15, 0.2) is 47.5 Å². The van der Waals surface area contributed by atoms with Gasteiger partial charge in [-0.3, -0.25) is 4.99 Å². The monoisotopic (exact) mass is 310 g/mol. The molecule has 0 aliphatic carbocycles. The molecule has 1 N–H and O–H groups in total. The average Bonchev–Trinajstić information content (AvgIpc) is 3.18. The molecule has 23 heavy (non-hydrogen) atoms. The van der Waals surface area contributed by atoms with Crippen LogP contribution < -0.4 is 9.47 Å². The van der Waals surface area contributed by atoms with Crippen molar-refractivity contribution in [1.29, 1.82) is 0 Å². The number of amidine groups is 1. The highest BCUT2D eigenvalue weighted by Crippen LogP contribution is 2.45. The molecule has 1 atom stereocenters. The lowest BCUT2D eigenvalue weighted by molar-refractivity contribution is -0.0244. The van der Waals surface area contributed by atoms with Crippen LogP contribution in [0.5, 0.6) is 11.5 Å². The first-order valence-corrected chi connectivity index (χ1v) is 7.57. The molecule has 0 fully saturated rings. The van der Waals surface area contributed by atoms with Gasteiger partial charge in [0.1, 0.15) is 5.84 Å². The average molecular weight is 310 g/mol. The number of benzene rings is 2. The molecular weight excluding hydrogens is 292 g/mol. The highest BCUT2D eigenvalue weighted by molar-refractivity contribution is 6.05. The second-order valence-corrected chi connectivity index (χ2v) is 5.64. The molecule has 1 unspecified atom stereocenters. The number of hydrogen-bond acceptors (Lipinski definition) is 5. The van der Waals surface area contributed by atoms with Crippen molar-refractivity contribution in [1.82, 2.24) is 4.90 Å². The third kappa shape index (κ3) is 1.80. The molecule has 5 heteroatoms. The number of methoxy groups -OCH3 is 2. The second kappa shape index (κ2) is 4.99. The van der Waals surface area contributed by atoms with Crippen LogP contribution in [0.4, 0.5) is 0 Å². The van der Waals surface area contributed by atoms with Crippen LogP contribution in [0.1, 0.15) is 16.7 Å². The van der Waals surface area contributed by atoms with Crippen LogP contribution in [-0.2, 0) is 5.72 Å². The van der Waals surface area contributed by atoms with Crippen molar-refractivity contribution in [2.75, 3.05) is 27.3 Å². The fraction of sp³-hybridized carbons (Fsp3) is 0.278. The smallest absolute Gasteiger partial charge is 0.193 e. The SMILES string of the molecule is COc1ccc(C2(O)c3ccccc3C3=NCCN32)cc1OC. The van der Waals surface area contributed by atoms with E-state index in [-0.39, 0.29) is 0 Å². The predicted octanol–water partition coefficient (Wildman–Crippen LogP) is 1.97. The number of rotatable bonds is 3. The molecule has 2 heterocycles. The molecule has 0 bridgehead atoms. The molecule has 0 saturated carbocycles. The van der Waals surface area contributed by atoms with Gasteiger partial charge in [0.15, 0.2) is 17.2 Å². The lowest BCUT2D eigenvalue weighted by Gasteiger charge is -2.34. The maximum atomic E-state index is 11.6. The minimum Gasteiger partial charge on any atom is -0.493 e. The Balaban J connectivity index is 1.92. The standard InChI is InChI=1S/C18H18N2O3/c1-22-15-8-7-12(11-16(15)23-2)18(21)14-6-4-3-5-13(14)17-19-9-10-20(17)18/h3-8,11,21H,9-10H2,1-2H3. The number of fused-ring (bicyclic) bond motifs is 3. The summed E-state index contributed by atoms with van der Waals surface area (Å²) in [5, 5.41) is 11.6. The van der Waals surface area contributed by atoms with Gasteiger partial charge in [0.25, 0.3) is 0 Å². The Morgan fingerprint density at radius 2 is 1.87 bits per heavy atom. The topological polar surface area (TPSA) is 54.3 Å². The van der Waals surface area contributed by atoms with Gasteiger partial charge in [0.05, 0.1) is 20.8 Å². The van der Waals surface area contributed by atoms with Gasteiger partial charge in [0, 0.05) is 23.2 Å². The normalized spacial score (nSPS) is 21.7. The molecule has 2 aromatic rings. The zero-order valence-electron chi connectivity index (χ0n) is 13.1. The summed E-state index contributed by atoms with van der Waals surface area (Å²) in [5.41, 5.74) is 1.36. The molecule has 4 rings (SSSR count). The minimum atomic E-state index is -1.23. The van der Waals surface area contributed by atoms with Crippen LogP contribution in [-0.4, -0.2) is 43.2 Å². The number of aliphatic hydroxyl groups is 1. The van der Waals surface area contributed by atoms with Crippen molar-refractivity contribution in [3.05, 3.63) is 59.2 Å². The first-order valence-electron chi connectivity index (χ1n) is 7.57. The quantitative estimate of drug-likeness (QED) is 0.942. The molecule has 2 aliphatic heterocycles. The van der Waals surface area contributed by atoms with E-state index in [2.05, 4.69) is 4.99 Å². The number of nitrogens with zero attached hydrogens (tertiary/aromatic N) is 2. The van der Waals surface area contributed by atoms with Crippen molar-refractivity contribution in [2.45, 2.75) is 5.72 Å². The minimum absolute atomic E-state index is 0.598. The van der Waals surface area contributed by atoms with E-state index in [1.165, 1.54) is 0 Å². The number of ether oxygens (including phenoxy) is 2. The molecule has 118 valence electrons. The summed E-state index contributed by atoms with van der Waals surface area (Å²) in [6, 6.07) is 13.4. The summed E-state index contributed by atoms with van der Waals surface area (Å²) in [6.07, 6.45) is 0. The van der Waals surface area contributed by atoms with E-state index in [1.54, 1.807) is 14.2 Å². The molecule has 0 saturated heterocycles. The highest BCUT2D eigenvalue weighted by atomic mass is 16.5. The Bertz CT molecular complexity index is 803.